The molecule has 3 aromatic rings. The standard InChI is InChI=1S/C23H27N3O2/c1-16(2)19-13-10-18(11-14-19)12-15-21(27)24-22-17(3)25(4)26(23(22)28)20-8-6-5-7-9-20/h5-11,13-14,16H,12,15H2,1-4H3,(H,24,27). The zero-order chi connectivity index (χ0) is 20.3. The summed E-state index contributed by atoms with van der Waals surface area (Å²) in [6.45, 7) is 6.15. The van der Waals surface area contributed by atoms with Crippen molar-refractivity contribution in [1.29, 1.82) is 0 Å². The van der Waals surface area contributed by atoms with Crippen LogP contribution in [-0.2, 0) is 18.3 Å². The van der Waals surface area contributed by atoms with Crippen LogP contribution in [0.5, 0.6) is 0 Å². The Hall–Kier alpha value is -3.08. The third-order valence-corrected chi connectivity index (χ3v) is 5.11. The van der Waals surface area contributed by atoms with Crippen molar-refractivity contribution in [1.82, 2.24) is 9.36 Å². The minimum absolute atomic E-state index is 0.154. The van der Waals surface area contributed by atoms with Crippen LogP contribution in [0, 0.1) is 6.92 Å². The molecule has 146 valence electrons. The van der Waals surface area contributed by atoms with Gasteiger partial charge in [0.2, 0.25) is 5.91 Å². The molecule has 5 nitrogen and oxygen atoms in total. The highest BCUT2D eigenvalue weighted by Crippen LogP contribution is 2.17. The van der Waals surface area contributed by atoms with Gasteiger partial charge in [0.25, 0.3) is 5.56 Å². The molecule has 0 aliphatic heterocycles. The molecule has 0 aliphatic carbocycles. The van der Waals surface area contributed by atoms with Gasteiger partial charge in [0.15, 0.2) is 0 Å². The number of amides is 1. The lowest BCUT2D eigenvalue weighted by molar-refractivity contribution is -0.116. The van der Waals surface area contributed by atoms with Gasteiger partial charge >= 0.3 is 0 Å². The van der Waals surface area contributed by atoms with E-state index in [-0.39, 0.29) is 11.5 Å². The van der Waals surface area contributed by atoms with Gasteiger partial charge in [0, 0.05) is 13.5 Å². The second-order valence-corrected chi connectivity index (χ2v) is 7.38. The number of carbonyl (C=O) groups excluding carboxylic acids is 1. The fraction of sp³-hybridized carbons (Fsp3) is 0.304. The smallest absolute Gasteiger partial charge is 0.295 e. The molecular formula is C23H27N3O2. The number of nitrogens with zero attached hydrogens (tertiary/aromatic N) is 2. The number of aromatic nitrogens is 2. The van der Waals surface area contributed by atoms with Crippen molar-refractivity contribution in [2.45, 2.75) is 39.5 Å². The average Bonchev–Trinajstić information content (AvgIpc) is 2.90. The van der Waals surface area contributed by atoms with E-state index in [1.165, 1.54) is 5.56 Å². The van der Waals surface area contributed by atoms with Crippen LogP contribution in [0.2, 0.25) is 0 Å². The first-order valence-electron chi connectivity index (χ1n) is 9.61. The van der Waals surface area contributed by atoms with E-state index < -0.39 is 0 Å². The number of carbonyl (C=O) groups is 1. The molecule has 0 saturated carbocycles. The van der Waals surface area contributed by atoms with Gasteiger partial charge in [0.05, 0.1) is 11.4 Å². The van der Waals surface area contributed by atoms with Crippen LogP contribution in [0.1, 0.15) is 43.0 Å². The van der Waals surface area contributed by atoms with Gasteiger partial charge in [-0.1, -0.05) is 56.3 Å². The van der Waals surface area contributed by atoms with Gasteiger partial charge in [-0.05, 0) is 42.5 Å². The molecule has 0 unspecified atom stereocenters. The van der Waals surface area contributed by atoms with Crippen LogP contribution >= 0.6 is 0 Å². The van der Waals surface area contributed by atoms with Gasteiger partial charge in [-0.15, -0.1) is 0 Å². The summed E-state index contributed by atoms with van der Waals surface area (Å²) in [5.41, 5.74) is 4.01. The second-order valence-electron chi connectivity index (χ2n) is 7.38. The van der Waals surface area contributed by atoms with Crippen LogP contribution < -0.4 is 10.9 Å². The van der Waals surface area contributed by atoms with Gasteiger partial charge in [-0.3, -0.25) is 14.3 Å². The third-order valence-electron chi connectivity index (χ3n) is 5.11. The van der Waals surface area contributed by atoms with Gasteiger partial charge in [-0.25, -0.2) is 4.68 Å². The molecular weight excluding hydrogens is 350 g/mol. The lowest BCUT2D eigenvalue weighted by Gasteiger charge is -2.07. The van der Waals surface area contributed by atoms with Crippen LogP contribution in [0.25, 0.3) is 5.69 Å². The molecule has 0 aliphatic rings. The van der Waals surface area contributed by atoms with E-state index in [1.807, 2.05) is 44.3 Å². The van der Waals surface area contributed by atoms with E-state index >= 15 is 0 Å². The Bertz CT molecular complexity index is 1010. The Kier molecular flexibility index (Phi) is 5.83. The molecule has 1 aromatic heterocycles. The summed E-state index contributed by atoms with van der Waals surface area (Å²) in [5, 5.41) is 2.82. The Balaban J connectivity index is 1.71. The van der Waals surface area contributed by atoms with E-state index in [2.05, 4.69) is 43.4 Å². The summed E-state index contributed by atoms with van der Waals surface area (Å²) in [4.78, 5) is 25.3. The highest BCUT2D eigenvalue weighted by atomic mass is 16.2. The number of anilines is 1. The zero-order valence-electron chi connectivity index (χ0n) is 16.9. The molecule has 0 atom stereocenters. The maximum Gasteiger partial charge on any atom is 0.295 e. The summed E-state index contributed by atoms with van der Waals surface area (Å²) in [7, 11) is 1.82. The number of benzene rings is 2. The molecule has 1 amide bonds. The minimum Gasteiger partial charge on any atom is -0.320 e. The predicted molar refractivity (Wildman–Crippen MR) is 113 cm³/mol. The lowest BCUT2D eigenvalue weighted by atomic mass is 10.0. The monoisotopic (exact) mass is 377 g/mol. The minimum atomic E-state index is -0.221. The van der Waals surface area contributed by atoms with E-state index in [1.54, 1.807) is 9.36 Å². The van der Waals surface area contributed by atoms with Crippen molar-refractivity contribution in [3.63, 3.8) is 0 Å². The van der Waals surface area contributed by atoms with Gasteiger partial charge in [0.1, 0.15) is 5.69 Å². The molecule has 0 saturated heterocycles. The predicted octanol–water partition coefficient (Wildman–Crippen LogP) is 4.18. The van der Waals surface area contributed by atoms with E-state index in [0.29, 0.717) is 24.4 Å². The number of hydrogen-bond acceptors (Lipinski definition) is 2. The molecule has 0 radical (unpaired) electrons. The second kappa shape index (κ2) is 8.30. The van der Waals surface area contributed by atoms with Gasteiger partial charge < -0.3 is 5.32 Å². The number of rotatable bonds is 6. The largest absolute Gasteiger partial charge is 0.320 e. The summed E-state index contributed by atoms with van der Waals surface area (Å²) in [6.07, 6.45) is 0.975. The summed E-state index contributed by atoms with van der Waals surface area (Å²) < 4.78 is 3.33. The fourth-order valence-corrected chi connectivity index (χ4v) is 3.24. The quantitative estimate of drug-likeness (QED) is 0.701. The van der Waals surface area contributed by atoms with Crippen LogP contribution in [0.15, 0.2) is 59.4 Å². The molecule has 28 heavy (non-hydrogen) atoms. The van der Waals surface area contributed by atoms with Crippen molar-refractivity contribution in [3.05, 3.63) is 81.8 Å². The Morgan fingerprint density at radius 1 is 1.04 bits per heavy atom. The SMILES string of the molecule is Cc1c(NC(=O)CCc2ccc(C(C)C)cc2)c(=O)n(-c2ccccc2)n1C. The maximum atomic E-state index is 12.8. The molecule has 2 aromatic carbocycles. The first-order valence-corrected chi connectivity index (χ1v) is 9.61. The van der Waals surface area contributed by atoms with E-state index in [0.717, 1.165) is 16.9 Å². The van der Waals surface area contributed by atoms with Crippen molar-refractivity contribution in [2.24, 2.45) is 7.05 Å². The molecule has 0 bridgehead atoms. The molecule has 1 heterocycles. The highest BCUT2D eigenvalue weighted by molar-refractivity contribution is 5.91. The number of hydrogen-bond donors (Lipinski definition) is 1. The first kappa shape index (κ1) is 19.7. The summed E-state index contributed by atoms with van der Waals surface area (Å²) in [5.74, 6) is 0.337. The first-order chi connectivity index (χ1) is 13.4. The Labute approximate surface area is 165 Å². The van der Waals surface area contributed by atoms with Crippen molar-refractivity contribution in [2.75, 3.05) is 5.32 Å². The molecule has 0 spiro atoms. The van der Waals surface area contributed by atoms with E-state index in [9.17, 15) is 9.59 Å². The normalized spacial score (nSPS) is 11.0. The highest BCUT2D eigenvalue weighted by Gasteiger charge is 2.17. The number of nitrogens with one attached hydrogen (secondary N) is 1. The molecule has 3 rings (SSSR count). The van der Waals surface area contributed by atoms with Crippen LogP contribution in [0.3, 0.4) is 0 Å². The Morgan fingerprint density at radius 2 is 1.68 bits per heavy atom. The fourth-order valence-electron chi connectivity index (χ4n) is 3.24. The molecule has 1 N–H and O–H groups in total. The topological polar surface area (TPSA) is 56.0 Å². The molecule has 5 heteroatoms. The van der Waals surface area contributed by atoms with Gasteiger partial charge in [-0.2, -0.15) is 0 Å². The molecule has 0 fully saturated rings. The number of para-hydroxylation sites is 1. The van der Waals surface area contributed by atoms with Crippen molar-refractivity contribution < 1.29 is 4.79 Å². The average molecular weight is 377 g/mol. The van der Waals surface area contributed by atoms with Crippen molar-refractivity contribution >= 4 is 11.6 Å². The van der Waals surface area contributed by atoms with Crippen molar-refractivity contribution in [3.8, 4) is 5.69 Å². The van der Waals surface area contributed by atoms with Crippen LogP contribution in [-0.4, -0.2) is 15.3 Å². The third kappa shape index (κ3) is 4.09. The number of aryl methyl sites for hydroxylation is 1. The summed E-state index contributed by atoms with van der Waals surface area (Å²) in [6, 6.07) is 17.8. The Morgan fingerprint density at radius 3 is 2.29 bits per heavy atom. The van der Waals surface area contributed by atoms with Crippen LogP contribution in [0.4, 0.5) is 5.69 Å². The van der Waals surface area contributed by atoms with E-state index in [4.69, 9.17) is 0 Å². The summed E-state index contributed by atoms with van der Waals surface area (Å²) >= 11 is 0. The zero-order valence-corrected chi connectivity index (χ0v) is 16.9. The maximum absolute atomic E-state index is 12.8. The lowest BCUT2D eigenvalue weighted by Crippen LogP contribution is -2.23.